The van der Waals surface area contributed by atoms with E-state index in [1.54, 1.807) is 13.2 Å². The zero-order valence-corrected chi connectivity index (χ0v) is 10.9. The second kappa shape index (κ2) is 4.57. The molecule has 0 aromatic heterocycles. The van der Waals surface area contributed by atoms with Crippen LogP contribution in [0.5, 0.6) is 11.5 Å². The third-order valence-electron chi connectivity index (χ3n) is 3.36. The Bertz CT molecular complexity index is 605. The fourth-order valence-corrected chi connectivity index (χ4v) is 2.48. The van der Waals surface area contributed by atoms with Crippen LogP contribution in [0.15, 0.2) is 36.4 Å². The third kappa shape index (κ3) is 2.16. The Balaban J connectivity index is 2.09. The van der Waals surface area contributed by atoms with E-state index in [9.17, 15) is 4.39 Å². The summed E-state index contributed by atoms with van der Waals surface area (Å²) in [7, 11) is 1.62. The molecule has 0 N–H and O–H groups in total. The molecule has 2 aromatic carbocycles. The van der Waals surface area contributed by atoms with Gasteiger partial charge in [0.1, 0.15) is 23.4 Å². The first kappa shape index (κ1) is 12.0. The maximum atomic E-state index is 13.7. The van der Waals surface area contributed by atoms with E-state index in [0.717, 1.165) is 34.6 Å². The average molecular weight is 258 g/mol. The average Bonchev–Trinajstić information content (AvgIpc) is 2.78. The largest absolute Gasteiger partial charge is 0.497 e. The van der Waals surface area contributed by atoms with Gasteiger partial charge in [-0.2, -0.15) is 0 Å². The molecule has 1 atom stereocenters. The summed E-state index contributed by atoms with van der Waals surface area (Å²) in [4.78, 5) is 0. The highest BCUT2D eigenvalue weighted by Gasteiger charge is 2.23. The Morgan fingerprint density at radius 3 is 2.63 bits per heavy atom. The molecule has 98 valence electrons. The zero-order valence-electron chi connectivity index (χ0n) is 10.9. The Morgan fingerprint density at radius 2 is 1.95 bits per heavy atom. The fraction of sp³-hybridized carbons (Fsp3) is 0.250. The van der Waals surface area contributed by atoms with Gasteiger partial charge in [0.25, 0.3) is 0 Å². The van der Waals surface area contributed by atoms with Crippen LogP contribution in [0.4, 0.5) is 4.39 Å². The van der Waals surface area contributed by atoms with Crippen molar-refractivity contribution in [2.75, 3.05) is 7.11 Å². The SMILES string of the molecule is COc1ccc(-c2cc(F)cc3c2OC(C)C3)cc1. The lowest BCUT2D eigenvalue weighted by atomic mass is 10.0. The second-order valence-corrected chi connectivity index (χ2v) is 4.80. The molecule has 0 radical (unpaired) electrons. The van der Waals surface area contributed by atoms with Gasteiger partial charge in [0.2, 0.25) is 0 Å². The molecule has 1 aliphatic rings. The molecular formula is C16H15FO2. The van der Waals surface area contributed by atoms with Crippen LogP contribution >= 0.6 is 0 Å². The van der Waals surface area contributed by atoms with Crippen molar-refractivity contribution < 1.29 is 13.9 Å². The minimum Gasteiger partial charge on any atom is -0.497 e. The molecule has 0 amide bonds. The number of hydrogen-bond acceptors (Lipinski definition) is 2. The molecule has 1 aliphatic heterocycles. The van der Waals surface area contributed by atoms with Gasteiger partial charge in [0, 0.05) is 17.5 Å². The number of fused-ring (bicyclic) bond motifs is 1. The van der Waals surface area contributed by atoms with Crippen LogP contribution in [0, 0.1) is 5.82 Å². The summed E-state index contributed by atoms with van der Waals surface area (Å²) in [6, 6.07) is 10.7. The molecule has 0 bridgehead atoms. The van der Waals surface area contributed by atoms with Crippen LogP contribution in [0.1, 0.15) is 12.5 Å². The van der Waals surface area contributed by atoms with Crippen molar-refractivity contribution in [1.29, 1.82) is 0 Å². The summed E-state index contributed by atoms with van der Waals surface area (Å²) in [6.07, 6.45) is 0.866. The summed E-state index contributed by atoms with van der Waals surface area (Å²) in [5, 5.41) is 0. The van der Waals surface area contributed by atoms with Crippen molar-refractivity contribution in [3.8, 4) is 22.6 Å². The van der Waals surface area contributed by atoms with E-state index >= 15 is 0 Å². The quantitative estimate of drug-likeness (QED) is 0.815. The van der Waals surface area contributed by atoms with Crippen LogP contribution in [-0.2, 0) is 6.42 Å². The maximum Gasteiger partial charge on any atom is 0.131 e. The molecule has 2 aromatic rings. The summed E-state index contributed by atoms with van der Waals surface area (Å²) in [5.74, 6) is 1.37. The van der Waals surface area contributed by atoms with Crippen molar-refractivity contribution >= 4 is 0 Å². The maximum absolute atomic E-state index is 13.7. The van der Waals surface area contributed by atoms with E-state index in [0.29, 0.717) is 0 Å². The van der Waals surface area contributed by atoms with E-state index in [4.69, 9.17) is 9.47 Å². The van der Waals surface area contributed by atoms with Crippen molar-refractivity contribution in [2.24, 2.45) is 0 Å². The van der Waals surface area contributed by atoms with Crippen molar-refractivity contribution in [3.05, 3.63) is 47.8 Å². The first-order valence-electron chi connectivity index (χ1n) is 6.31. The van der Waals surface area contributed by atoms with E-state index in [1.807, 2.05) is 31.2 Å². The van der Waals surface area contributed by atoms with Gasteiger partial charge in [-0.1, -0.05) is 12.1 Å². The van der Waals surface area contributed by atoms with Crippen LogP contribution in [-0.4, -0.2) is 13.2 Å². The van der Waals surface area contributed by atoms with Gasteiger partial charge in [-0.15, -0.1) is 0 Å². The second-order valence-electron chi connectivity index (χ2n) is 4.80. The molecule has 0 saturated carbocycles. The van der Waals surface area contributed by atoms with Crippen LogP contribution in [0.3, 0.4) is 0 Å². The Kier molecular flexibility index (Phi) is 2.90. The number of benzene rings is 2. The lowest BCUT2D eigenvalue weighted by Gasteiger charge is -2.10. The normalized spacial score (nSPS) is 16.9. The van der Waals surface area contributed by atoms with Crippen molar-refractivity contribution in [3.63, 3.8) is 0 Å². The molecule has 0 saturated heterocycles. The van der Waals surface area contributed by atoms with Crippen LogP contribution < -0.4 is 9.47 Å². The molecule has 0 spiro atoms. The van der Waals surface area contributed by atoms with Crippen LogP contribution in [0.2, 0.25) is 0 Å². The number of ether oxygens (including phenoxy) is 2. The highest BCUT2D eigenvalue weighted by atomic mass is 19.1. The molecule has 19 heavy (non-hydrogen) atoms. The molecule has 0 aliphatic carbocycles. The number of halogens is 1. The number of rotatable bonds is 2. The van der Waals surface area contributed by atoms with E-state index < -0.39 is 0 Å². The summed E-state index contributed by atoms with van der Waals surface area (Å²) < 4.78 is 24.6. The number of hydrogen-bond donors (Lipinski definition) is 0. The third-order valence-corrected chi connectivity index (χ3v) is 3.36. The fourth-order valence-electron chi connectivity index (χ4n) is 2.48. The monoisotopic (exact) mass is 258 g/mol. The lowest BCUT2D eigenvalue weighted by Crippen LogP contribution is -2.05. The Labute approximate surface area is 111 Å². The van der Waals surface area contributed by atoms with Gasteiger partial charge in [-0.25, -0.2) is 4.39 Å². The smallest absolute Gasteiger partial charge is 0.131 e. The van der Waals surface area contributed by atoms with E-state index in [1.165, 1.54) is 6.07 Å². The zero-order chi connectivity index (χ0) is 13.4. The summed E-state index contributed by atoms with van der Waals surface area (Å²) >= 11 is 0. The molecule has 3 heteroatoms. The first-order valence-corrected chi connectivity index (χ1v) is 6.31. The highest BCUT2D eigenvalue weighted by Crippen LogP contribution is 2.39. The van der Waals surface area contributed by atoms with Crippen molar-refractivity contribution in [1.82, 2.24) is 0 Å². The highest BCUT2D eigenvalue weighted by molar-refractivity contribution is 5.73. The Hall–Kier alpha value is -2.03. The van der Waals surface area contributed by atoms with Gasteiger partial charge in [0.15, 0.2) is 0 Å². The topological polar surface area (TPSA) is 18.5 Å². The van der Waals surface area contributed by atoms with Gasteiger partial charge in [0.05, 0.1) is 7.11 Å². The molecular weight excluding hydrogens is 243 g/mol. The molecule has 3 rings (SSSR count). The summed E-state index contributed by atoms with van der Waals surface area (Å²) in [6.45, 7) is 2.00. The number of methoxy groups -OCH3 is 1. The molecule has 1 unspecified atom stereocenters. The van der Waals surface area contributed by atoms with Gasteiger partial charge >= 0.3 is 0 Å². The van der Waals surface area contributed by atoms with Gasteiger partial charge < -0.3 is 9.47 Å². The first-order chi connectivity index (χ1) is 9.17. The van der Waals surface area contributed by atoms with Crippen molar-refractivity contribution in [2.45, 2.75) is 19.4 Å². The predicted octanol–water partition coefficient (Wildman–Crippen LogP) is 3.82. The van der Waals surface area contributed by atoms with E-state index in [-0.39, 0.29) is 11.9 Å². The minimum atomic E-state index is -0.220. The lowest BCUT2D eigenvalue weighted by molar-refractivity contribution is 0.255. The van der Waals surface area contributed by atoms with E-state index in [2.05, 4.69) is 0 Å². The molecule has 0 fully saturated rings. The minimum absolute atomic E-state index is 0.105. The van der Waals surface area contributed by atoms with Crippen LogP contribution in [0.25, 0.3) is 11.1 Å². The predicted molar refractivity (Wildman–Crippen MR) is 72.2 cm³/mol. The van der Waals surface area contributed by atoms with Gasteiger partial charge in [-0.3, -0.25) is 0 Å². The standard InChI is InChI=1S/C16H15FO2/c1-10-7-12-8-13(17)9-15(16(12)19-10)11-3-5-14(18-2)6-4-11/h3-6,8-10H,7H2,1-2H3. The molecule has 1 heterocycles. The van der Waals surface area contributed by atoms with Gasteiger partial charge in [-0.05, 0) is 36.8 Å². The molecule has 2 nitrogen and oxygen atoms in total. The summed E-state index contributed by atoms with van der Waals surface area (Å²) in [5.41, 5.74) is 2.69. The Morgan fingerprint density at radius 1 is 1.21 bits per heavy atom.